The van der Waals surface area contributed by atoms with Gasteiger partial charge in [-0.15, -0.1) is 10.2 Å². The van der Waals surface area contributed by atoms with E-state index in [9.17, 15) is 4.79 Å². The lowest BCUT2D eigenvalue weighted by molar-refractivity contribution is 0.102. The van der Waals surface area contributed by atoms with Gasteiger partial charge in [0.15, 0.2) is 5.82 Å². The maximum atomic E-state index is 12.6. The highest BCUT2D eigenvalue weighted by atomic mass is 16.1. The van der Waals surface area contributed by atoms with E-state index < -0.39 is 0 Å². The van der Waals surface area contributed by atoms with Gasteiger partial charge < -0.3 is 14.8 Å². The van der Waals surface area contributed by atoms with Gasteiger partial charge in [0, 0.05) is 37.5 Å². The molecule has 0 saturated heterocycles. The lowest BCUT2D eigenvalue weighted by atomic mass is 10.1. The van der Waals surface area contributed by atoms with Gasteiger partial charge in [0.1, 0.15) is 6.33 Å². The first-order valence-corrected chi connectivity index (χ1v) is 8.16. The molecule has 1 N–H and O–H groups in total. The summed E-state index contributed by atoms with van der Waals surface area (Å²) in [4.78, 5) is 14.7. The molecule has 0 aliphatic heterocycles. The number of nitrogens with one attached hydrogen (secondary N) is 1. The van der Waals surface area contributed by atoms with Gasteiger partial charge in [-0.25, -0.2) is 0 Å². The van der Waals surface area contributed by atoms with Gasteiger partial charge in [-0.2, -0.15) is 0 Å². The lowest BCUT2D eigenvalue weighted by Gasteiger charge is -2.17. The monoisotopic (exact) mass is 335 g/mol. The van der Waals surface area contributed by atoms with E-state index in [1.54, 1.807) is 6.33 Å². The van der Waals surface area contributed by atoms with E-state index in [0.29, 0.717) is 17.1 Å². The molecule has 0 spiro atoms. The normalized spacial score (nSPS) is 10.5. The second-order valence-corrected chi connectivity index (χ2v) is 5.83. The molecule has 0 atom stereocenters. The van der Waals surface area contributed by atoms with Crippen molar-refractivity contribution in [2.24, 2.45) is 7.05 Å². The molecular formula is C19H21N5O. The Kier molecular flexibility index (Phi) is 4.79. The molecule has 3 aromatic rings. The summed E-state index contributed by atoms with van der Waals surface area (Å²) in [6.45, 7) is 3.00. The van der Waals surface area contributed by atoms with E-state index in [-0.39, 0.29) is 5.91 Å². The van der Waals surface area contributed by atoms with Crippen LogP contribution in [0.4, 0.5) is 11.4 Å². The summed E-state index contributed by atoms with van der Waals surface area (Å²) in [6.07, 6.45) is 1.64. The Hall–Kier alpha value is -3.15. The Morgan fingerprint density at radius 2 is 1.88 bits per heavy atom. The summed E-state index contributed by atoms with van der Waals surface area (Å²) in [5.74, 6) is 0.552. The van der Waals surface area contributed by atoms with E-state index in [0.717, 1.165) is 17.8 Å². The van der Waals surface area contributed by atoms with Gasteiger partial charge in [0.2, 0.25) is 0 Å². The van der Waals surface area contributed by atoms with Crippen LogP contribution in [-0.4, -0.2) is 34.3 Å². The second-order valence-electron chi connectivity index (χ2n) is 5.83. The van der Waals surface area contributed by atoms with Crippen LogP contribution in [0.2, 0.25) is 0 Å². The maximum absolute atomic E-state index is 12.6. The minimum absolute atomic E-state index is 0.152. The first kappa shape index (κ1) is 16.7. The molecule has 128 valence electrons. The van der Waals surface area contributed by atoms with Gasteiger partial charge >= 0.3 is 0 Å². The number of amides is 1. The summed E-state index contributed by atoms with van der Waals surface area (Å²) >= 11 is 0. The van der Waals surface area contributed by atoms with Crippen molar-refractivity contribution >= 4 is 17.3 Å². The molecule has 0 aliphatic rings. The van der Waals surface area contributed by atoms with Crippen molar-refractivity contribution in [3.63, 3.8) is 0 Å². The molecule has 2 aromatic carbocycles. The standard InChI is InChI=1S/C19H21N5O/c1-4-23(2)15-11-9-14(10-12-15)19(25)21-17-8-6-5-7-16(17)18-22-20-13-24(18)3/h5-13H,4H2,1-3H3,(H,21,25). The molecule has 1 heterocycles. The summed E-state index contributed by atoms with van der Waals surface area (Å²) in [7, 11) is 3.89. The molecule has 1 aromatic heterocycles. The third kappa shape index (κ3) is 3.52. The Bertz CT molecular complexity index is 870. The average Bonchev–Trinajstić information content (AvgIpc) is 3.07. The molecule has 0 unspecified atom stereocenters. The number of carbonyl (C=O) groups is 1. The number of hydrogen-bond acceptors (Lipinski definition) is 4. The van der Waals surface area contributed by atoms with Crippen molar-refractivity contribution in [1.82, 2.24) is 14.8 Å². The minimum atomic E-state index is -0.152. The Balaban J connectivity index is 1.83. The van der Waals surface area contributed by atoms with Crippen molar-refractivity contribution < 1.29 is 4.79 Å². The highest BCUT2D eigenvalue weighted by Crippen LogP contribution is 2.26. The minimum Gasteiger partial charge on any atom is -0.375 e. The van der Waals surface area contributed by atoms with Gasteiger partial charge in [-0.1, -0.05) is 12.1 Å². The number of aromatic nitrogens is 3. The fourth-order valence-corrected chi connectivity index (χ4v) is 2.56. The summed E-state index contributed by atoms with van der Waals surface area (Å²) in [6, 6.07) is 15.1. The van der Waals surface area contributed by atoms with Crippen LogP contribution in [0.25, 0.3) is 11.4 Å². The van der Waals surface area contributed by atoms with E-state index >= 15 is 0 Å². The predicted octanol–water partition coefficient (Wildman–Crippen LogP) is 3.19. The Morgan fingerprint density at radius 3 is 2.52 bits per heavy atom. The van der Waals surface area contributed by atoms with E-state index in [4.69, 9.17) is 0 Å². The number of benzene rings is 2. The zero-order chi connectivity index (χ0) is 17.8. The first-order valence-electron chi connectivity index (χ1n) is 8.16. The van der Waals surface area contributed by atoms with Crippen LogP contribution >= 0.6 is 0 Å². The molecule has 0 saturated carbocycles. The highest BCUT2D eigenvalue weighted by Gasteiger charge is 2.13. The van der Waals surface area contributed by atoms with E-state index in [1.165, 1.54) is 0 Å². The third-order valence-electron chi connectivity index (χ3n) is 4.17. The zero-order valence-corrected chi connectivity index (χ0v) is 14.6. The summed E-state index contributed by atoms with van der Waals surface area (Å²) in [5.41, 5.74) is 3.23. The van der Waals surface area contributed by atoms with Crippen molar-refractivity contribution in [2.45, 2.75) is 6.92 Å². The Labute approximate surface area is 147 Å². The van der Waals surface area contributed by atoms with Crippen LogP contribution in [0.3, 0.4) is 0 Å². The average molecular weight is 335 g/mol. The molecule has 6 nitrogen and oxygen atoms in total. The fourth-order valence-electron chi connectivity index (χ4n) is 2.56. The SMILES string of the molecule is CCN(C)c1ccc(C(=O)Nc2ccccc2-c2nncn2C)cc1. The van der Waals surface area contributed by atoms with Crippen LogP contribution in [0.5, 0.6) is 0 Å². The largest absolute Gasteiger partial charge is 0.375 e. The number of carbonyl (C=O) groups excluding carboxylic acids is 1. The van der Waals surface area contributed by atoms with Crippen LogP contribution < -0.4 is 10.2 Å². The molecule has 3 rings (SSSR count). The topological polar surface area (TPSA) is 63.1 Å². The second kappa shape index (κ2) is 7.17. The number of anilines is 2. The lowest BCUT2D eigenvalue weighted by Crippen LogP contribution is -2.16. The van der Waals surface area contributed by atoms with Crippen molar-refractivity contribution in [1.29, 1.82) is 0 Å². The first-order chi connectivity index (χ1) is 12.1. The van der Waals surface area contributed by atoms with Gasteiger partial charge in [-0.05, 0) is 43.3 Å². The maximum Gasteiger partial charge on any atom is 0.255 e. The van der Waals surface area contributed by atoms with Crippen LogP contribution in [0.15, 0.2) is 54.9 Å². The number of aryl methyl sites for hydroxylation is 1. The number of nitrogens with zero attached hydrogens (tertiary/aromatic N) is 4. The van der Waals surface area contributed by atoms with Gasteiger partial charge in [0.25, 0.3) is 5.91 Å². The quantitative estimate of drug-likeness (QED) is 0.778. The predicted molar refractivity (Wildman–Crippen MR) is 99.8 cm³/mol. The van der Waals surface area contributed by atoms with Crippen molar-refractivity contribution in [2.75, 3.05) is 23.8 Å². The molecule has 0 fully saturated rings. The Morgan fingerprint density at radius 1 is 1.16 bits per heavy atom. The summed E-state index contributed by atoms with van der Waals surface area (Å²) in [5, 5.41) is 11.0. The number of para-hydroxylation sites is 1. The molecule has 0 bridgehead atoms. The highest BCUT2D eigenvalue weighted by molar-refractivity contribution is 6.06. The summed E-state index contributed by atoms with van der Waals surface area (Å²) < 4.78 is 1.82. The van der Waals surface area contributed by atoms with Crippen molar-refractivity contribution in [3.05, 3.63) is 60.4 Å². The number of hydrogen-bond donors (Lipinski definition) is 1. The van der Waals surface area contributed by atoms with Gasteiger partial charge in [0.05, 0.1) is 5.69 Å². The van der Waals surface area contributed by atoms with E-state index in [1.807, 2.05) is 67.2 Å². The molecule has 6 heteroatoms. The zero-order valence-electron chi connectivity index (χ0n) is 14.6. The molecule has 1 amide bonds. The van der Waals surface area contributed by atoms with Crippen LogP contribution in [0, 0.1) is 0 Å². The van der Waals surface area contributed by atoms with E-state index in [2.05, 4.69) is 27.3 Å². The fraction of sp³-hybridized carbons (Fsp3) is 0.211. The van der Waals surface area contributed by atoms with Crippen molar-refractivity contribution in [3.8, 4) is 11.4 Å². The third-order valence-corrected chi connectivity index (χ3v) is 4.17. The molecule has 25 heavy (non-hydrogen) atoms. The van der Waals surface area contributed by atoms with Gasteiger partial charge in [-0.3, -0.25) is 4.79 Å². The molecule has 0 aliphatic carbocycles. The van der Waals surface area contributed by atoms with Crippen LogP contribution in [0.1, 0.15) is 17.3 Å². The number of rotatable bonds is 5. The smallest absolute Gasteiger partial charge is 0.255 e. The van der Waals surface area contributed by atoms with Crippen LogP contribution in [-0.2, 0) is 7.05 Å². The molecular weight excluding hydrogens is 314 g/mol. The molecule has 0 radical (unpaired) electrons.